The lowest BCUT2D eigenvalue weighted by atomic mass is 9.87. The van der Waals surface area contributed by atoms with Crippen LogP contribution in [0, 0.1) is 25.2 Å². The first kappa shape index (κ1) is 18.5. The molecular formula is C25H23O2S+. The Morgan fingerprint density at radius 2 is 1.82 bits per heavy atom. The Labute approximate surface area is 168 Å². The number of fused-ring (bicyclic) bond motifs is 1. The highest BCUT2D eigenvalue weighted by molar-refractivity contribution is 7.45. The Morgan fingerprint density at radius 1 is 1.14 bits per heavy atom. The summed E-state index contributed by atoms with van der Waals surface area (Å²) in [5.41, 5.74) is -0.348. The van der Waals surface area contributed by atoms with Gasteiger partial charge in [-0.15, -0.1) is 6.42 Å². The number of aryl methyl sites for hydroxylation is 1. The Hall–Kier alpha value is -2.83. The summed E-state index contributed by atoms with van der Waals surface area (Å²) >= 11 is 0. The molecule has 1 aliphatic carbocycles. The molecule has 0 amide bonds. The summed E-state index contributed by atoms with van der Waals surface area (Å²) in [4.78, 5) is 15.3. The number of rotatable bonds is 4. The first-order valence-corrected chi connectivity index (χ1v) is 10.7. The monoisotopic (exact) mass is 387 g/mol. The predicted octanol–water partition coefficient (Wildman–Crippen LogP) is 6.40. The van der Waals surface area contributed by atoms with Gasteiger partial charge in [-0.1, -0.05) is 30.2 Å². The summed E-state index contributed by atoms with van der Waals surface area (Å²) in [6, 6.07) is 18.5. The van der Waals surface area contributed by atoms with E-state index in [1.165, 1.54) is 19.9 Å². The molecule has 140 valence electrons. The molecule has 3 heteroatoms. The number of ether oxygens (including phenoxy) is 1. The van der Waals surface area contributed by atoms with Crippen molar-refractivity contribution in [1.82, 2.24) is 0 Å². The van der Waals surface area contributed by atoms with Crippen molar-refractivity contribution in [3.8, 4) is 17.2 Å². The van der Waals surface area contributed by atoms with Crippen molar-refractivity contribution in [2.45, 2.75) is 32.3 Å². The Morgan fingerprint density at radius 3 is 2.50 bits per heavy atom. The summed E-state index contributed by atoms with van der Waals surface area (Å²) < 4.78 is 7.11. The molecule has 2 unspecified atom stereocenters. The van der Waals surface area contributed by atoms with Crippen LogP contribution in [0.4, 0.5) is 0 Å². The van der Waals surface area contributed by atoms with Gasteiger partial charge in [0.15, 0.2) is 20.1 Å². The molecule has 0 bridgehead atoms. The number of hydrogen-bond donors (Lipinski definition) is 0. The van der Waals surface area contributed by atoms with Crippen molar-refractivity contribution in [3.63, 3.8) is 0 Å². The first-order chi connectivity index (χ1) is 13.5. The van der Waals surface area contributed by atoms with Gasteiger partial charge in [-0.3, -0.25) is 0 Å². The lowest BCUT2D eigenvalue weighted by Gasteiger charge is -2.30. The van der Waals surface area contributed by atoms with E-state index in [1.807, 2.05) is 31.2 Å². The molecule has 1 heterocycles. The number of carbonyl (C=O) groups excluding carboxylic acids is 1. The van der Waals surface area contributed by atoms with Gasteiger partial charge < -0.3 is 4.74 Å². The van der Waals surface area contributed by atoms with Gasteiger partial charge in [0.05, 0.1) is 5.56 Å². The van der Waals surface area contributed by atoms with Crippen LogP contribution in [0.5, 0.6) is 0 Å². The van der Waals surface area contributed by atoms with Crippen molar-refractivity contribution in [2.75, 3.05) is 0 Å². The lowest BCUT2D eigenvalue weighted by Crippen LogP contribution is -2.37. The lowest BCUT2D eigenvalue weighted by molar-refractivity contribution is -0.00682. The van der Waals surface area contributed by atoms with Gasteiger partial charge in [-0.25, -0.2) is 4.79 Å². The van der Waals surface area contributed by atoms with E-state index >= 15 is 0 Å². The summed E-state index contributed by atoms with van der Waals surface area (Å²) in [6.07, 6.45) is 11.6. The fraction of sp³-hybridized carbons (Fsp3) is 0.240. The Bertz CT molecular complexity index is 1090. The van der Waals surface area contributed by atoms with Crippen LogP contribution >= 0.6 is 10.5 Å². The van der Waals surface area contributed by atoms with Gasteiger partial charge >= 0.3 is 5.97 Å². The topological polar surface area (TPSA) is 26.3 Å². The molecule has 28 heavy (non-hydrogen) atoms. The molecule has 1 aromatic heterocycles. The van der Waals surface area contributed by atoms with E-state index in [2.05, 4.69) is 55.3 Å². The van der Waals surface area contributed by atoms with Gasteiger partial charge in [0.25, 0.3) is 0 Å². The molecule has 0 saturated heterocycles. The van der Waals surface area contributed by atoms with E-state index in [4.69, 9.17) is 11.2 Å². The summed E-state index contributed by atoms with van der Waals surface area (Å²) in [6.45, 7) is 4.00. The van der Waals surface area contributed by atoms with Gasteiger partial charge in [0, 0.05) is 34.8 Å². The third-order valence-electron chi connectivity index (χ3n) is 5.52. The molecule has 0 aliphatic heterocycles. The van der Waals surface area contributed by atoms with Crippen molar-refractivity contribution < 1.29 is 9.53 Å². The second-order valence-corrected chi connectivity index (χ2v) is 9.57. The van der Waals surface area contributed by atoms with Crippen LogP contribution in [0.25, 0.3) is 15.0 Å². The maximum absolute atomic E-state index is 12.7. The fourth-order valence-corrected chi connectivity index (χ4v) is 6.03. The number of hydrogen-bond acceptors (Lipinski definition) is 2. The summed E-state index contributed by atoms with van der Waals surface area (Å²) in [5, 5.41) is 1.28. The van der Waals surface area contributed by atoms with E-state index in [9.17, 15) is 4.79 Å². The molecule has 3 aromatic rings. The average Bonchev–Trinajstić information content (AvgIpc) is 3.35. The van der Waals surface area contributed by atoms with Gasteiger partial charge in [0.1, 0.15) is 0 Å². The van der Waals surface area contributed by atoms with Crippen molar-refractivity contribution in [3.05, 3.63) is 77.2 Å². The zero-order valence-corrected chi connectivity index (χ0v) is 17.0. The van der Waals surface area contributed by atoms with Crippen LogP contribution in [0.3, 0.4) is 0 Å². The molecule has 0 saturated carbocycles. The van der Waals surface area contributed by atoms with E-state index in [0.717, 1.165) is 12.8 Å². The quantitative estimate of drug-likeness (QED) is 0.224. The molecule has 0 N–H and O–H groups in total. The number of esters is 1. The van der Waals surface area contributed by atoms with Gasteiger partial charge in [0.2, 0.25) is 0 Å². The fourth-order valence-electron chi connectivity index (χ4n) is 3.83. The van der Waals surface area contributed by atoms with Crippen molar-refractivity contribution >= 4 is 26.5 Å². The van der Waals surface area contributed by atoms with Crippen LogP contribution in [-0.4, -0.2) is 11.6 Å². The molecule has 1 aliphatic rings. The van der Waals surface area contributed by atoms with Crippen molar-refractivity contribution in [2.24, 2.45) is 5.92 Å². The van der Waals surface area contributed by atoms with Crippen LogP contribution in [-0.2, 0) is 4.74 Å². The normalized spacial score (nSPS) is 16.7. The zero-order valence-electron chi connectivity index (χ0n) is 16.1. The van der Waals surface area contributed by atoms with E-state index < -0.39 is 5.60 Å². The van der Waals surface area contributed by atoms with Gasteiger partial charge in [-0.2, -0.15) is 0 Å². The zero-order chi connectivity index (χ0) is 19.7. The maximum Gasteiger partial charge on any atom is 0.339 e. The Balaban J connectivity index is 1.58. The molecule has 2 atom stereocenters. The molecule has 2 nitrogen and oxygen atoms in total. The minimum absolute atomic E-state index is 0.0860. The van der Waals surface area contributed by atoms with Crippen LogP contribution < -0.4 is 0 Å². The molecule has 2 aromatic carbocycles. The molecule has 0 radical (unpaired) electrons. The molecule has 0 spiro atoms. The van der Waals surface area contributed by atoms with Crippen LogP contribution in [0.15, 0.2) is 66.7 Å². The smallest absolute Gasteiger partial charge is 0.339 e. The summed E-state index contributed by atoms with van der Waals surface area (Å²) in [5.74, 6) is 2.49. The number of terminal acetylenes is 1. The molecule has 4 rings (SSSR count). The standard InChI is InChI=1S/C25H23O2S/c1-4-25(3,21-10-6-7-11-21)27-24(26)19-13-15-22(16-14-19)28-18(2)17-20-9-5-8-12-23(20)28/h1,5-9,12-17,21H,10-11H2,2-3H3/q+1. The highest BCUT2D eigenvalue weighted by atomic mass is 32.2. The highest BCUT2D eigenvalue weighted by Gasteiger charge is 2.36. The van der Waals surface area contributed by atoms with E-state index in [0.29, 0.717) is 5.56 Å². The van der Waals surface area contributed by atoms with Crippen molar-refractivity contribution in [1.29, 1.82) is 0 Å². The summed E-state index contributed by atoms with van der Waals surface area (Å²) in [7, 11) is -0.0860. The van der Waals surface area contributed by atoms with E-state index in [1.54, 1.807) is 0 Å². The number of allylic oxidation sites excluding steroid dienone is 2. The number of carbonyl (C=O) groups is 1. The minimum Gasteiger partial charge on any atom is -0.442 e. The first-order valence-electron chi connectivity index (χ1n) is 9.49. The number of benzene rings is 2. The SMILES string of the molecule is C#CC(C)(OC(=O)c1ccc(-[s+]2c(C)cc3ccccc32)cc1)C1CC=CC1. The van der Waals surface area contributed by atoms with Crippen LogP contribution in [0.1, 0.15) is 35.0 Å². The second-order valence-electron chi connectivity index (χ2n) is 7.40. The van der Waals surface area contributed by atoms with Crippen LogP contribution in [0.2, 0.25) is 0 Å². The molecular weight excluding hydrogens is 364 g/mol. The number of thiophene rings is 1. The maximum atomic E-state index is 12.7. The van der Waals surface area contributed by atoms with E-state index in [-0.39, 0.29) is 22.4 Å². The minimum atomic E-state index is -0.884. The Kier molecular flexibility index (Phi) is 4.83. The third-order valence-corrected chi connectivity index (χ3v) is 7.84. The molecule has 0 fully saturated rings. The third kappa shape index (κ3) is 3.25. The predicted molar refractivity (Wildman–Crippen MR) is 117 cm³/mol. The second kappa shape index (κ2) is 7.30. The largest absolute Gasteiger partial charge is 0.442 e. The van der Waals surface area contributed by atoms with Gasteiger partial charge in [-0.05, 0) is 56.2 Å². The highest BCUT2D eigenvalue weighted by Crippen LogP contribution is 2.43. The average molecular weight is 388 g/mol.